The lowest BCUT2D eigenvalue weighted by molar-refractivity contribution is 0.303. The zero-order valence-electron chi connectivity index (χ0n) is 15.9. The van der Waals surface area contributed by atoms with E-state index in [1.807, 2.05) is 0 Å². The minimum atomic E-state index is 0.789. The van der Waals surface area contributed by atoms with Gasteiger partial charge in [0.1, 0.15) is 5.75 Å². The minimum Gasteiger partial charge on any atom is -0.493 e. The van der Waals surface area contributed by atoms with Gasteiger partial charge in [0.25, 0.3) is 0 Å². The van der Waals surface area contributed by atoms with E-state index >= 15 is 0 Å². The number of benzene rings is 3. The van der Waals surface area contributed by atoms with E-state index in [2.05, 4.69) is 79.8 Å². The second-order valence-electron chi connectivity index (χ2n) is 6.85. The number of fused-ring (bicyclic) bond motifs is 1. The average molecular weight is 348 g/mol. The van der Waals surface area contributed by atoms with Crippen LogP contribution in [0, 0.1) is 6.92 Å². The number of ether oxygens (including phenoxy) is 1. The topological polar surface area (TPSA) is 21.3 Å². The van der Waals surface area contributed by atoms with Crippen molar-refractivity contribution in [2.24, 2.45) is 0 Å². The molecule has 0 heterocycles. The van der Waals surface area contributed by atoms with Gasteiger partial charge in [-0.05, 0) is 41.3 Å². The van der Waals surface area contributed by atoms with E-state index in [0.29, 0.717) is 0 Å². The Labute approximate surface area is 157 Å². The van der Waals surface area contributed by atoms with Gasteiger partial charge in [0, 0.05) is 18.7 Å². The van der Waals surface area contributed by atoms with Gasteiger partial charge in [-0.1, -0.05) is 74.4 Å². The minimum absolute atomic E-state index is 0.789. The van der Waals surface area contributed by atoms with E-state index in [4.69, 9.17) is 4.74 Å². The fourth-order valence-corrected chi connectivity index (χ4v) is 3.30. The molecule has 0 bridgehead atoms. The first-order chi connectivity index (χ1) is 12.8. The van der Waals surface area contributed by atoms with E-state index in [9.17, 15) is 0 Å². The highest BCUT2D eigenvalue weighted by Gasteiger charge is 2.09. The van der Waals surface area contributed by atoms with Crippen LogP contribution in [-0.4, -0.2) is 6.61 Å². The number of nitrogens with one attached hydrogen (secondary N) is 1. The molecule has 2 heteroatoms. The molecule has 0 amide bonds. The standard InChI is InChI=1S/C24H29NO/c1-3-4-9-16-26-24-15-14-20-11-7-8-13-22(20)23(24)18-25-17-21-12-6-5-10-19(21)2/h5-8,10-15,25H,3-4,9,16-18H2,1-2H3. The second-order valence-corrected chi connectivity index (χ2v) is 6.85. The van der Waals surface area contributed by atoms with Crippen LogP contribution in [0.4, 0.5) is 0 Å². The third-order valence-electron chi connectivity index (χ3n) is 4.88. The highest BCUT2D eigenvalue weighted by molar-refractivity contribution is 5.87. The van der Waals surface area contributed by atoms with Crippen molar-refractivity contribution in [1.82, 2.24) is 5.32 Å². The molecule has 26 heavy (non-hydrogen) atoms. The number of aryl methyl sites for hydroxylation is 1. The molecule has 0 saturated carbocycles. The van der Waals surface area contributed by atoms with Gasteiger partial charge in [0.15, 0.2) is 0 Å². The summed E-state index contributed by atoms with van der Waals surface area (Å²) in [6.45, 7) is 6.84. The van der Waals surface area contributed by atoms with Crippen LogP contribution < -0.4 is 10.1 Å². The van der Waals surface area contributed by atoms with E-state index in [1.54, 1.807) is 0 Å². The number of hydrogen-bond acceptors (Lipinski definition) is 2. The third kappa shape index (κ3) is 4.64. The Morgan fingerprint density at radius 1 is 0.846 bits per heavy atom. The van der Waals surface area contributed by atoms with Crippen LogP contribution in [-0.2, 0) is 13.1 Å². The third-order valence-corrected chi connectivity index (χ3v) is 4.88. The van der Waals surface area contributed by atoms with Crippen LogP contribution in [0.2, 0.25) is 0 Å². The maximum absolute atomic E-state index is 6.13. The molecule has 0 atom stereocenters. The molecule has 0 fully saturated rings. The molecule has 0 saturated heterocycles. The molecule has 0 aliphatic carbocycles. The Kier molecular flexibility index (Phi) is 6.68. The smallest absolute Gasteiger partial charge is 0.124 e. The molecule has 0 spiro atoms. The van der Waals surface area contributed by atoms with Crippen LogP contribution in [0.25, 0.3) is 10.8 Å². The van der Waals surface area contributed by atoms with Crippen LogP contribution >= 0.6 is 0 Å². The van der Waals surface area contributed by atoms with E-state index in [1.165, 1.54) is 40.3 Å². The SMILES string of the molecule is CCCCCOc1ccc2ccccc2c1CNCc1ccccc1C. The van der Waals surface area contributed by atoms with Crippen molar-refractivity contribution in [2.75, 3.05) is 6.61 Å². The molecule has 3 rings (SSSR count). The average Bonchev–Trinajstić information content (AvgIpc) is 2.67. The van der Waals surface area contributed by atoms with Gasteiger partial charge in [-0.25, -0.2) is 0 Å². The van der Waals surface area contributed by atoms with Crippen LogP contribution in [0.5, 0.6) is 5.75 Å². The number of rotatable bonds is 9. The molecule has 2 nitrogen and oxygen atoms in total. The molecule has 0 aliphatic rings. The van der Waals surface area contributed by atoms with Crippen molar-refractivity contribution in [2.45, 2.75) is 46.2 Å². The van der Waals surface area contributed by atoms with Gasteiger partial charge in [0.2, 0.25) is 0 Å². The van der Waals surface area contributed by atoms with Crippen LogP contribution in [0.1, 0.15) is 42.9 Å². The number of unbranched alkanes of at least 4 members (excludes halogenated alkanes) is 2. The number of hydrogen-bond donors (Lipinski definition) is 1. The summed E-state index contributed by atoms with van der Waals surface area (Å²) in [5.41, 5.74) is 3.93. The summed E-state index contributed by atoms with van der Waals surface area (Å²) in [5.74, 6) is 1.01. The summed E-state index contributed by atoms with van der Waals surface area (Å²) in [7, 11) is 0. The van der Waals surface area contributed by atoms with Gasteiger partial charge in [-0.15, -0.1) is 0 Å². The lowest BCUT2D eigenvalue weighted by Gasteiger charge is -2.15. The second kappa shape index (κ2) is 9.40. The van der Waals surface area contributed by atoms with Gasteiger partial charge in [0.05, 0.1) is 6.61 Å². The summed E-state index contributed by atoms with van der Waals surface area (Å²) in [6, 6.07) is 21.4. The zero-order valence-corrected chi connectivity index (χ0v) is 15.9. The predicted octanol–water partition coefficient (Wildman–Crippen LogP) is 6.01. The Morgan fingerprint density at radius 2 is 1.65 bits per heavy atom. The molecule has 0 radical (unpaired) electrons. The molecule has 0 aromatic heterocycles. The maximum Gasteiger partial charge on any atom is 0.124 e. The van der Waals surface area contributed by atoms with E-state index < -0.39 is 0 Å². The Bertz CT molecular complexity index is 840. The van der Waals surface area contributed by atoms with Crippen LogP contribution in [0.3, 0.4) is 0 Å². The molecule has 3 aromatic rings. The van der Waals surface area contributed by atoms with Gasteiger partial charge < -0.3 is 10.1 Å². The Balaban J connectivity index is 1.76. The van der Waals surface area contributed by atoms with E-state index in [0.717, 1.165) is 31.9 Å². The molecule has 1 N–H and O–H groups in total. The maximum atomic E-state index is 6.13. The monoisotopic (exact) mass is 347 g/mol. The first-order valence-electron chi connectivity index (χ1n) is 9.68. The summed E-state index contributed by atoms with van der Waals surface area (Å²) >= 11 is 0. The molecular weight excluding hydrogens is 318 g/mol. The van der Waals surface area contributed by atoms with Gasteiger partial charge in [-0.3, -0.25) is 0 Å². The molecule has 0 unspecified atom stereocenters. The summed E-state index contributed by atoms with van der Waals surface area (Å²) < 4.78 is 6.13. The van der Waals surface area contributed by atoms with Crippen molar-refractivity contribution in [3.8, 4) is 5.75 Å². The molecule has 136 valence electrons. The Hall–Kier alpha value is -2.32. The molecular formula is C24H29NO. The fourth-order valence-electron chi connectivity index (χ4n) is 3.30. The summed E-state index contributed by atoms with van der Waals surface area (Å²) in [4.78, 5) is 0. The van der Waals surface area contributed by atoms with Gasteiger partial charge >= 0.3 is 0 Å². The largest absolute Gasteiger partial charge is 0.493 e. The van der Waals surface area contributed by atoms with Gasteiger partial charge in [-0.2, -0.15) is 0 Å². The first kappa shape index (κ1) is 18.5. The Morgan fingerprint density at radius 3 is 2.50 bits per heavy atom. The normalized spacial score (nSPS) is 11.0. The van der Waals surface area contributed by atoms with Crippen molar-refractivity contribution in [3.63, 3.8) is 0 Å². The van der Waals surface area contributed by atoms with E-state index in [-0.39, 0.29) is 0 Å². The van der Waals surface area contributed by atoms with Crippen LogP contribution in [0.15, 0.2) is 60.7 Å². The highest BCUT2D eigenvalue weighted by Crippen LogP contribution is 2.28. The predicted molar refractivity (Wildman–Crippen MR) is 111 cm³/mol. The van der Waals surface area contributed by atoms with Crippen molar-refractivity contribution in [1.29, 1.82) is 0 Å². The lowest BCUT2D eigenvalue weighted by Crippen LogP contribution is -2.15. The summed E-state index contributed by atoms with van der Waals surface area (Å²) in [5, 5.41) is 6.15. The zero-order chi connectivity index (χ0) is 18.2. The molecule has 0 aliphatic heterocycles. The highest BCUT2D eigenvalue weighted by atomic mass is 16.5. The van der Waals surface area contributed by atoms with Crippen molar-refractivity contribution >= 4 is 10.8 Å². The molecule has 3 aromatic carbocycles. The van der Waals surface area contributed by atoms with Crippen molar-refractivity contribution < 1.29 is 4.74 Å². The quantitative estimate of drug-likeness (QED) is 0.479. The lowest BCUT2D eigenvalue weighted by atomic mass is 10.0. The van der Waals surface area contributed by atoms with Crippen molar-refractivity contribution in [3.05, 3.63) is 77.4 Å². The summed E-state index contributed by atoms with van der Waals surface area (Å²) in [6.07, 6.45) is 3.54. The first-order valence-corrected chi connectivity index (χ1v) is 9.68. The fraction of sp³-hybridized carbons (Fsp3) is 0.333.